The third kappa shape index (κ3) is 3.57. The average molecular weight is 500 g/mol. The molecule has 4 heterocycles. The minimum absolute atomic E-state index is 0.00117. The molecule has 0 radical (unpaired) electrons. The van der Waals surface area contributed by atoms with Crippen molar-refractivity contribution in [3.63, 3.8) is 0 Å². The third-order valence-electron chi connectivity index (χ3n) is 7.89. The van der Waals surface area contributed by atoms with E-state index in [0.29, 0.717) is 6.54 Å². The lowest BCUT2D eigenvalue weighted by molar-refractivity contribution is 0.195. The van der Waals surface area contributed by atoms with E-state index in [4.69, 9.17) is 0 Å². The number of hydrogen-bond donors (Lipinski definition) is 1. The van der Waals surface area contributed by atoms with Crippen molar-refractivity contribution in [1.82, 2.24) is 9.47 Å². The highest BCUT2D eigenvalue weighted by Gasteiger charge is 2.36. The molecule has 3 aromatic heterocycles. The zero-order valence-electron chi connectivity index (χ0n) is 19.8. The molecule has 6 heteroatoms. The van der Waals surface area contributed by atoms with Gasteiger partial charge in [0.1, 0.15) is 11.0 Å². The van der Waals surface area contributed by atoms with Gasteiger partial charge in [0, 0.05) is 27.2 Å². The highest BCUT2D eigenvalue weighted by molar-refractivity contribution is 7.15. The van der Waals surface area contributed by atoms with Gasteiger partial charge < -0.3 is 14.8 Å². The van der Waals surface area contributed by atoms with Gasteiger partial charge in [-0.05, 0) is 97.7 Å². The summed E-state index contributed by atoms with van der Waals surface area (Å²) in [4.78, 5) is 19.0. The molecule has 7 rings (SSSR count). The van der Waals surface area contributed by atoms with E-state index in [2.05, 4.69) is 68.8 Å². The van der Waals surface area contributed by atoms with E-state index in [0.717, 1.165) is 24.9 Å². The van der Waals surface area contributed by atoms with Crippen LogP contribution in [0, 0.1) is 0 Å². The standard InChI is InChI=1S/C29H29N3OS2/c33-29(30-23-12-5-9-19-8-1-2-10-20(19)23)32-18-22-21-11-3-4-14-25(21)35-28(22)31-16-6-13-24(31)27(32)26-15-7-17-34-26/h5-7,9,12-13,15-17,27H,1-4,8,10-11,14,18H2,(H,30,33)/t27-/m1/s1. The largest absolute Gasteiger partial charge is 0.323 e. The molecule has 1 aliphatic heterocycles. The number of benzene rings is 1. The van der Waals surface area contributed by atoms with Crippen LogP contribution in [-0.4, -0.2) is 15.5 Å². The number of fused-ring (bicyclic) bond motifs is 6. The summed E-state index contributed by atoms with van der Waals surface area (Å²) in [7, 11) is 0. The highest BCUT2D eigenvalue weighted by atomic mass is 32.1. The summed E-state index contributed by atoms with van der Waals surface area (Å²) >= 11 is 3.68. The zero-order valence-corrected chi connectivity index (χ0v) is 21.4. The first-order chi connectivity index (χ1) is 17.3. The molecule has 178 valence electrons. The SMILES string of the molecule is O=C(Nc1cccc2c1CCCC2)N1Cc2c(sc3c2CCCC3)-n2cccc2[C@@H]1c1cccs1. The maximum atomic E-state index is 14.2. The first-order valence-electron chi connectivity index (χ1n) is 12.8. The van der Waals surface area contributed by atoms with Gasteiger partial charge in [0.25, 0.3) is 0 Å². The van der Waals surface area contributed by atoms with Crippen molar-refractivity contribution in [3.05, 3.63) is 91.7 Å². The lowest BCUT2D eigenvalue weighted by atomic mass is 9.90. The van der Waals surface area contributed by atoms with E-state index in [1.165, 1.54) is 74.8 Å². The highest BCUT2D eigenvalue weighted by Crippen LogP contribution is 2.45. The van der Waals surface area contributed by atoms with Gasteiger partial charge in [-0.3, -0.25) is 0 Å². The summed E-state index contributed by atoms with van der Waals surface area (Å²) in [5.74, 6) is 0. The molecule has 1 N–H and O–H groups in total. The maximum Gasteiger partial charge on any atom is 0.323 e. The van der Waals surface area contributed by atoms with Gasteiger partial charge in [0.05, 0.1) is 12.2 Å². The van der Waals surface area contributed by atoms with E-state index in [-0.39, 0.29) is 12.1 Å². The molecule has 1 atom stereocenters. The molecule has 0 unspecified atom stereocenters. The maximum absolute atomic E-state index is 14.2. The van der Waals surface area contributed by atoms with E-state index in [1.54, 1.807) is 11.3 Å². The predicted molar refractivity (Wildman–Crippen MR) is 144 cm³/mol. The van der Waals surface area contributed by atoms with Gasteiger partial charge in [-0.1, -0.05) is 18.2 Å². The minimum atomic E-state index is -0.108. The Balaban J connectivity index is 1.34. The van der Waals surface area contributed by atoms with Crippen LogP contribution in [0.4, 0.5) is 10.5 Å². The van der Waals surface area contributed by atoms with Crippen molar-refractivity contribution < 1.29 is 4.79 Å². The predicted octanol–water partition coefficient (Wildman–Crippen LogP) is 7.50. The molecule has 4 aromatic rings. The van der Waals surface area contributed by atoms with E-state index >= 15 is 0 Å². The van der Waals surface area contributed by atoms with Crippen LogP contribution < -0.4 is 5.32 Å². The number of aromatic nitrogens is 1. The molecule has 35 heavy (non-hydrogen) atoms. The van der Waals surface area contributed by atoms with E-state index in [9.17, 15) is 4.79 Å². The fraction of sp³-hybridized carbons (Fsp3) is 0.345. The third-order valence-corrected chi connectivity index (χ3v) is 10.1. The van der Waals surface area contributed by atoms with E-state index < -0.39 is 0 Å². The van der Waals surface area contributed by atoms with Crippen LogP contribution in [0.15, 0.2) is 54.0 Å². The van der Waals surface area contributed by atoms with Crippen LogP contribution >= 0.6 is 22.7 Å². The van der Waals surface area contributed by atoms with Crippen molar-refractivity contribution in [2.24, 2.45) is 0 Å². The molecular weight excluding hydrogens is 470 g/mol. The number of urea groups is 1. The Labute approximate surface area is 214 Å². The fourth-order valence-electron chi connectivity index (χ4n) is 6.22. The Bertz CT molecular complexity index is 1400. The summed E-state index contributed by atoms with van der Waals surface area (Å²) in [6.45, 7) is 0.645. The molecule has 2 amide bonds. The number of carbonyl (C=O) groups is 1. The molecule has 0 saturated heterocycles. The molecular formula is C29H29N3OS2. The van der Waals surface area contributed by atoms with Crippen LogP contribution in [0.5, 0.6) is 0 Å². The van der Waals surface area contributed by atoms with Gasteiger partial charge >= 0.3 is 6.03 Å². The Morgan fingerprint density at radius 1 is 0.886 bits per heavy atom. The topological polar surface area (TPSA) is 37.3 Å². The Morgan fingerprint density at radius 2 is 1.74 bits per heavy atom. The number of hydrogen-bond acceptors (Lipinski definition) is 3. The average Bonchev–Trinajstić information content (AvgIpc) is 3.64. The molecule has 0 spiro atoms. The van der Waals surface area contributed by atoms with Crippen molar-refractivity contribution in [1.29, 1.82) is 0 Å². The van der Waals surface area contributed by atoms with Crippen molar-refractivity contribution in [2.75, 3.05) is 5.32 Å². The number of aryl methyl sites for hydroxylation is 2. The first kappa shape index (κ1) is 21.5. The summed E-state index contributed by atoms with van der Waals surface area (Å²) in [5, 5.41) is 6.80. The summed E-state index contributed by atoms with van der Waals surface area (Å²) in [6.07, 6.45) is 11.6. The van der Waals surface area contributed by atoms with Crippen LogP contribution in [0.1, 0.15) is 69.4 Å². The summed E-state index contributed by atoms with van der Waals surface area (Å²) < 4.78 is 2.36. The second-order valence-corrected chi connectivity index (χ2v) is 12.0. The number of amides is 2. The molecule has 0 bridgehead atoms. The minimum Gasteiger partial charge on any atom is -0.310 e. The molecule has 2 aliphatic carbocycles. The number of nitrogens with zero attached hydrogens (tertiary/aromatic N) is 2. The van der Waals surface area contributed by atoms with Crippen molar-refractivity contribution in [2.45, 2.75) is 64.0 Å². The summed E-state index contributed by atoms with van der Waals surface area (Å²) in [6, 6.07) is 14.9. The Hall–Kier alpha value is -2.83. The number of anilines is 1. The molecule has 1 aromatic carbocycles. The van der Waals surface area contributed by atoms with Crippen molar-refractivity contribution >= 4 is 34.4 Å². The van der Waals surface area contributed by atoms with Gasteiger partial charge in [-0.25, -0.2) is 4.79 Å². The normalized spacial score (nSPS) is 18.7. The van der Waals surface area contributed by atoms with Gasteiger partial charge in [0.2, 0.25) is 0 Å². The van der Waals surface area contributed by atoms with Crippen LogP contribution in [-0.2, 0) is 32.2 Å². The monoisotopic (exact) mass is 499 g/mol. The zero-order chi connectivity index (χ0) is 23.4. The second-order valence-electron chi connectivity index (χ2n) is 9.92. The molecule has 0 fully saturated rings. The lowest BCUT2D eigenvalue weighted by Gasteiger charge is -2.31. The van der Waals surface area contributed by atoms with Gasteiger partial charge in [-0.2, -0.15) is 0 Å². The number of thiophene rings is 2. The molecule has 0 saturated carbocycles. The Kier molecular flexibility index (Phi) is 5.32. The van der Waals surface area contributed by atoms with Crippen LogP contribution in [0.2, 0.25) is 0 Å². The lowest BCUT2D eigenvalue weighted by Crippen LogP contribution is -2.38. The second kappa shape index (κ2) is 8.68. The Morgan fingerprint density at radius 3 is 2.63 bits per heavy atom. The van der Waals surface area contributed by atoms with Gasteiger partial charge in [-0.15, -0.1) is 22.7 Å². The molecule has 3 aliphatic rings. The van der Waals surface area contributed by atoms with Crippen LogP contribution in [0.3, 0.4) is 0 Å². The van der Waals surface area contributed by atoms with Crippen molar-refractivity contribution in [3.8, 4) is 5.00 Å². The van der Waals surface area contributed by atoms with Crippen LogP contribution in [0.25, 0.3) is 5.00 Å². The smallest absolute Gasteiger partial charge is 0.310 e. The fourth-order valence-corrected chi connectivity index (χ4v) is 8.47. The quantitative estimate of drug-likeness (QED) is 0.305. The number of rotatable bonds is 2. The van der Waals surface area contributed by atoms with Gasteiger partial charge in [0.15, 0.2) is 0 Å². The molecule has 4 nitrogen and oxygen atoms in total. The van der Waals surface area contributed by atoms with E-state index in [1.807, 2.05) is 11.3 Å². The number of carbonyl (C=O) groups excluding carboxylic acids is 1. The first-order valence-corrected chi connectivity index (χ1v) is 14.5. The number of nitrogens with one attached hydrogen (secondary N) is 1. The summed E-state index contributed by atoms with van der Waals surface area (Å²) in [5.41, 5.74) is 7.73.